The van der Waals surface area contributed by atoms with Crippen LogP contribution in [0.3, 0.4) is 0 Å². The number of nitrogens with zero attached hydrogens (tertiary/aromatic N) is 4. The van der Waals surface area contributed by atoms with Crippen LogP contribution in [0.15, 0.2) is 6.20 Å². The molecule has 7 nitrogen and oxygen atoms in total. The average Bonchev–Trinajstić information content (AvgIpc) is 2.91. The van der Waals surface area contributed by atoms with Crippen molar-refractivity contribution in [3.8, 4) is 0 Å². The number of hydrogen-bond donors (Lipinski definition) is 3. The Hall–Kier alpha value is -1.89. The molecule has 2 aromatic rings. The molecule has 3 N–H and O–H groups in total. The van der Waals surface area contributed by atoms with Crippen molar-refractivity contribution in [2.24, 2.45) is 0 Å². The average molecular weight is 275 g/mol. The summed E-state index contributed by atoms with van der Waals surface area (Å²) in [4.78, 5) is 11.3. The summed E-state index contributed by atoms with van der Waals surface area (Å²) in [5.74, 6) is 1.46. The van der Waals surface area contributed by atoms with Gasteiger partial charge in [0, 0.05) is 25.7 Å². The van der Waals surface area contributed by atoms with Crippen LogP contribution in [-0.4, -0.2) is 57.8 Å². The maximum Gasteiger partial charge on any atom is 0.226 e. The van der Waals surface area contributed by atoms with Gasteiger partial charge in [-0.2, -0.15) is 15.1 Å². The van der Waals surface area contributed by atoms with Gasteiger partial charge in [0.2, 0.25) is 5.95 Å². The SMILES string of the molecule is CNc1nc(NC2CCN(C)C(C)C2)c2cn[nH]c2n1. The number of nitrogens with one attached hydrogen (secondary N) is 3. The van der Waals surface area contributed by atoms with Crippen LogP contribution >= 0.6 is 0 Å². The summed E-state index contributed by atoms with van der Waals surface area (Å²) in [6.45, 7) is 3.37. The Morgan fingerprint density at radius 2 is 2.25 bits per heavy atom. The molecule has 7 heteroatoms. The van der Waals surface area contributed by atoms with E-state index in [4.69, 9.17) is 0 Å². The lowest BCUT2D eigenvalue weighted by molar-refractivity contribution is 0.190. The summed E-state index contributed by atoms with van der Waals surface area (Å²) in [6.07, 6.45) is 4.02. The van der Waals surface area contributed by atoms with E-state index in [-0.39, 0.29) is 0 Å². The highest BCUT2D eigenvalue weighted by Crippen LogP contribution is 2.24. The van der Waals surface area contributed by atoms with Gasteiger partial charge in [-0.1, -0.05) is 0 Å². The Labute approximate surface area is 118 Å². The van der Waals surface area contributed by atoms with Gasteiger partial charge in [-0.05, 0) is 26.8 Å². The summed E-state index contributed by atoms with van der Waals surface area (Å²) >= 11 is 0. The third kappa shape index (κ3) is 2.40. The van der Waals surface area contributed by atoms with Crippen LogP contribution in [0, 0.1) is 0 Å². The van der Waals surface area contributed by atoms with Crippen molar-refractivity contribution in [3.63, 3.8) is 0 Å². The highest BCUT2D eigenvalue weighted by Gasteiger charge is 2.23. The molecule has 2 aromatic heterocycles. The third-order valence-corrected chi connectivity index (χ3v) is 4.08. The second kappa shape index (κ2) is 5.24. The van der Waals surface area contributed by atoms with Crippen LogP contribution in [0.1, 0.15) is 19.8 Å². The number of anilines is 2. The zero-order valence-electron chi connectivity index (χ0n) is 12.1. The van der Waals surface area contributed by atoms with Crippen molar-refractivity contribution in [2.45, 2.75) is 31.8 Å². The smallest absolute Gasteiger partial charge is 0.226 e. The van der Waals surface area contributed by atoms with Crippen LogP contribution in [0.5, 0.6) is 0 Å². The van der Waals surface area contributed by atoms with E-state index in [2.05, 4.69) is 49.7 Å². The lowest BCUT2D eigenvalue weighted by atomic mass is 9.99. The number of aromatic amines is 1. The predicted octanol–water partition coefficient (Wildman–Crippen LogP) is 1.29. The molecule has 0 saturated carbocycles. The van der Waals surface area contributed by atoms with Gasteiger partial charge in [0.25, 0.3) is 0 Å². The van der Waals surface area contributed by atoms with E-state index >= 15 is 0 Å². The van der Waals surface area contributed by atoms with Gasteiger partial charge in [-0.15, -0.1) is 0 Å². The van der Waals surface area contributed by atoms with Gasteiger partial charge in [-0.25, -0.2) is 0 Å². The highest BCUT2D eigenvalue weighted by molar-refractivity contribution is 5.87. The van der Waals surface area contributed by atoms with Crippen LogP contribution < -0.4 is 10.6 Å². The maximum absolute atomic E-state index is 4.52. The monoisotopic (exact) mass is 275 g/mol. The van der Waals surface area contributed by atoms with Crippen LogP contribution in [0.25, 0.3) is 11.0 Å². The van der Waals surface area contributed by atoms with Crippen LogP contribution in [0.4, 0.5) is 11.8 Å². The van der Waals surface area contributed by atoms with E-state index in [1.54, 1.807) is 6.20 Å². The minimum absolute atomic E-state index is 0.443. The van der Waals surface area contributed by atoms with Gasteiger partial charge < -0.3 is 15.5 Å². The van der Waals surface area contributed by atoms with Crippen molar-refractivity contribution in [3.05, 3.63) is 6.20 Å². The number of hydrogen-bond acceptors (Lipinski definition) is 6. The predicted molar refractivity (Wildman–Crippen MR) is 80.0 cm³/mol. The molecule has 3 rings (SSSR count). The number of fused-ring (bicyclic) bond motifs is 1. The summed E-state index contributed by atoms with van der Waals surface area (Å²) < 4.78 is 0. The van der Waals surface area contributed by atoms with Gasteiger partial charge in [0.05, 0.1) is 11.6 Å². The first-order valence-electron chi connectivity index (χ1n) is 7.03. The van der Waals surface area contributed by atoms with Crippen molar-refractivity contribution in [2.75, 3.05) is 31.3 Å². The molecular weight excluding hydrogens is 254 g/mol. The Balaban J connectivity index is 1.85. The van der Waals surface area contributed by atoms with E-state index < -0.39 is 0 Å². The maximum atomic E-state index is 4.52. The fourth-order valence-corrected chi connectivity index (χ4v) is 2.67. The number of piperidine rings is 1. The molecule has 0 aliphatic carbocycles. The van der Waals surface area contributed by atoms with Crippen LogP contribution in [0.2, 0.25) is 0 Å². The molecule has 2 atom stereocenters. The fraction of sp³-hybridized carbons (Fsp3) is 0.615. The summed E-state index contributed by atoms with van der Waals surface area (Å²) in [5, 5.41) is 14.4. The van der Waals surface area contributed by atoms with Crippen molar-refractivity contribution in [1.82, 2.24) is 25.1 Å². The quantitative estimate of drug-likeness (QED) is 0.783. The van der Waals surface area contributed by atoms with E-state index in [1.165, 1.54) is 0 Å². The van der Waals surface area contributed by atoms with E-state index in [0.29, 0.717) is 18.0 Å². The van der Waals surface area contributed by atoms with E-state index in [9.17, 15) is 0 Å². The largest absolute Gasteiger partial charge is 0.366 e. The molecule has 20 heavy (non-hydrogen) atoms. The molecule has 0 aromatic carbocycles. The minimum Gasteiger partial charge on any atom is -0.366 e. The Kier molecular flexibility index (Phi) is 3.43. The molecular formula is C13H21N7. The van der Waals surface area contributed by atoms with E-state index in [0.717, 1.165) is 36.2 Å². The van der Waals surface area contributed by atoms with Crippen molar-refractivity contribution >= 4 is 22.8 Å². The summed E-state index contributed by atoms with van der Waals surface area (Å²) in [7, 11) is 4.00. The lowest BCUT2D eigenvalue weighted by Crippen LogP contribution is -2.42. The topological polar surface area (TPSA) is 81.8 Å². The molecule has 3 heterocycles. The van der Waals surface area contributed by atoms with Gasteiger partial charge in [-0.3, -0.25) is 5.10 Å². The van der Waals surface area contributed by atoms with Gasteiger partial charge in [0.15, 0.2) is 5.65 Å². The van der Waals surface area contributed by atoms with Crippen molar-refractivity contribution in [1.29, 1.82) is 0 Å². The van der Waals surface area contributed by atoms with Crippen molar-refractivity contribution < 1.29 is 0 Å². The Morgan fingerprint density at radius 1 is 1.40 bits per heavy atom. The van der Waals surface area contributed by atoms with E-state index in [1.807, 2.05) is 7.05 Å². The second-order valence-electron chi connectivity index (χ2n) is 5.47. The van der Waals surface area contributed by atoms with Gasteiger partial charge in [0.1, 0.15) is 5.82 Å². The molecule has 0 bridgehead atoms. The molecule has 0 spiro atoms. The second-order valence-corrected chi connectivity index (χ2v) is 5.47. The molecule has 1 fully saturated rings. The highest BCUT2D eigenvalue weighted by atomic mass is 15.2. The Morgan fingerprint density at radius 3 is 3.00 bits per heavy atom. The Bertz CT molecular complexity index is 593. The molecule has 0 amide bonds. The lowest BCUT2D eigenvalue weighted by Gasteiger charge is -2.35. The first kappa shape index (κ1) is 13.1. The normalized spacial score (nSPS) is 23.9. The first-order valence-corrected chi connectivity index (χ1v) is 7.03. The molecule has 1 saturated heterocycles. The number of rotatable bonds is 3. The zero-order chi connectivity index (χ0) is 14.1. The summed E-state index contributed by atoms with van der Waals surface area (Å²) in [5.41, 5.74) is 0.757. The number of aromatic nitrogens is 4. The van der Waals surface area contributed by atoms with Crippen LogP contribution in [-0.2, 0) is 0 Å². The molecule has 0 radical (unpaired) electrons. The third-order valence-electron chi connectivity index (χ3n) is 4.08. The molecule has 1 aliphatic rings. The van der Waals surface area contributed by atoms with Gasteiger partial charge >= 0.3 is 0 Å². The first-order chi connectivity index (χ1) is 9.67. The molecule has 1 aliphatic heterocycles. The zero-order valence-corrected chi connectivity index (χ0v) is 12.1. The fourth-order valence-electron chi connectivity index (χ4n) is 2.67. The number of likely N-dealkylation sites (tertiary alicyclic amines) is 1. The molecule has 108 valence electrons. The molecule has 2 unspecified atom stereocenters. The minimum atomic E-state index is 0.443. The summed E-state index contributed by atoms with van der Waals surface area (Å²) in [6, 6.07) is 1.03. The standard InChI is InChI=1S/C13H21N7/c1-8-6-9(4-5-20(8)3)16-11-10-7-15-19-12(10)18-13(14-2)17-11/h7-9H,4-6H2,1-3H3,(H3,14,15,16,17,18,19). The number of H-pyrrole nitrogens is 1.